The molecule has 2 amide bonds. The van der Waals surface area contributed by atoms with Gasteiger partial charge in [-0.1, -0.05) is 29.8 Å². The molecule has 6 heteroatoms. The maximum absolute atomic E-state index is 12.3. The summed E-state index contributed by atoms with van der Waals surface area (Å²) < 4.78 is 0. The van der Waals surface area contributed by atoms with Crippen molar-refractivity contribution >= 4 is 34.9 Å². The molecule has 2 aromatic rings. The van der Waals surface area contributed by atoms with Crippen LogP contribution in [0.2, 0.25) is 5.02 Å². The fraction of sp³-hybridized carbons (Fsp3) is 0.211. The van der Waals surface area contributed by atoms with Gasteiger partial charge in [0.1, 0.15) is 0 Å². The summed E-state index contributed by atoms with van der Waals surface area (Å²) in [4.78, 5) is 35.5. The Hall–Kier alpha value is -2.66. The predicted octanol–water partition coefficient (Wildman–Crippen LogP) is 3.11. The average Bonchev–Trinajstić information content (AvgIpc) is 2.98. The normalized spacial score (nSPS) is 12.4. The van der Waals surface area contributed by atoms with Crippen LogP contribution in [0.4, 0.5) is 5.69 Å². The lowest BCUT2D eigenvalue weighted by molar-refractivity contribution is -0.121. The molecule has 1 aliphatic heterocycles. The number of rotatable bonds is 6. The quantitative estimate of drug-likeness (QED) is 0.781. The molecule has 0 saturated carbocycles. The number of carbonyl (C=O) groups excluding carboxylic acids is 3. The van der Waals surface area contributed by atoms with E-state index in [4.69, 9.17) is 11.6 Å². The molecule has 0 fully saturated rings. The molecule has 0 aliphatic carbocycles. The summed E-state index contributed by atoms with van der Waals surface area (Å²) in [6, 6.07) is 12.4. The molecule has 0 bridgehead atoms. The van der Waals surface area contributed by atoms with Gasteiger partial charge in [0.15, 0.2) is 5.78 Å². The second-order valence-electron chi connectivity index (χ2n) is 5.89. The molecule has 2 N–H and O–H groups in total. The molecule has 0 atom stereocenters. The lowest BCUT2D eigenvalue weighted by atomic mass is 10.0. The number of nitrogens with one attached hydrogen (secondary N) is 2. The van der Waals surface area contributed by atoms with Gasteiger partial charge in [-0.2, -0.15) is 0 Å². The molecule has 0 unspecified atom stereocenters. The number of benzene rings is 2. The van der Waals surface area contributed by atoms with Crippen LogP contribution < -0.4 is 10.6 Å². The van der Waals surface area contributed by atoms with Crippen molar-refractivity contribution in [3.05, 3.63) is 64.2 Å². The standard InChI is InChI=1S/C19H17ClN2O3/c20-15-4-2-1-3-13(15)11-21-18(24)8-7-17(23)12-5-6-16-14(9-12)10-19(25)22-16/h1-6,9H,7-8,10-11H2,(H,21,24)(H,22,25). The monoisotopic (exact) mass is 356 g/mol. The molecule has 128 valence electrons. The van der Waals surface area contributed by atoms with E-state index in [2.05, 4.69) is 10.6 Å². The first kappa shape index (κ1) is 17.2. The van der Waals surface area contributed by atoms with Gasteiger partial charge in [-0.3, -0.25) is 14.4 Å². The van der Waals surface area contributed by atoms with Crippen LogP contribution in [-0.2, 0) is 22.6 Å². The second-order valence-corrected chi connectivity index (χ2v) is 6.30. The first-order valence-electron chi connectivity index (χ1n) is 7.99. The van der Waals surface area contributed by atoms with Crippen LogP contribution in [0.15, 0.2) is 42.5 Å². The van der Waals surface area contributed by atoms with Gasteiger partial charge in [0.05, 0.1) is 6.42 Å². The van der Waals surface area contributed by atoms with Gasteiger partial charge < -0.3 is 10.6 Å². The number of ketones is 1. The molecule has 1 aliphatic rings. The number of fused-ring (bicyclic) bond motifs is 1. The summed E-state index contributed by atoms with van der Waals surface area (Å²) >= 11 is 6.04. The molecular formula is C19H17ClN2O3. The molecule has 5 nitrogen and oxygen atoms in total. The molecule has 0 saturated heterocycles. The zero-order valence-electron chi connectivity index (χ0n) is 13.5. The molecular weight excluding hydrogens is 340 g/mol. The Bertz CT molecular complexity index is 848. The molecule has 2 aromatic carbocycles. The first-order valence-corrected chi connectivity index (χ1v) is 8.37. The first-order chi connectivity index (χ1) is 12.0. The number of anilines is 1. The van der Waals surface area contributed by atoms with Gasteiger partial charge in [-0.15, -0.1) is 0 Å². The van der Waals surface area contributed by atoms with Gasteiger partial charge >= 0.3 is 0 Å². The van der Waals surface area contributed by atoms with Crippen molar-refractivity contribution in [2.45, 2.75) is 25.8 Å². The Labute approximate surface area is 150 Å². The van der Waals surface area contributed by atoms with E-state index in [-0.39, 0.29) is 36.9 Å². The third-order valence-corrected chi connectivity index (χ3v) is 4.43. The second kappa shape index (κ2) is 7.49. The Morgan fingerprint density at radius 1 is 1.12 bits per heavy atom. The summed E-state index contributed by atoms with van der Waals surface area (Å²) in [5.74, 6) is -0.389. The Morgan fingerprint density at radius 3 is 2.72 bits per heavy atom. The minimum Gasteiger partial charge on any atom is -0.352 e. The van der Waals surface area contributed by atoms with Crippen molar-refractivity contribution in [2.75, 3.05) is 5.32 Å². The van der Waals surface area contributed by atoms with E-state index in [1.165, 1.54) is 0 Å². The van der Waals surface area contributed by atoms with E-state index < -0.39 is 0 Å². The minimum atomic E-state index is -0.203. The zero-order chi connectivity index (χ0) is 17.8. The van der Waals surface area contributed by atoms with Crippen LogP contribution in [0.1, 0.15) is 34.3 Å². The minimum absolute atomic E-state index is 0.0708. The summed E-state index contributed by atoms with van der Waals surface area (Å²) in [6.07, 6.45) is 0.515. The number of hydrogen-bond donors (Lipinski definition) is 2. The Kier molecular flexibility index (Phi) is 5.14. The van der Waals surface area contributed by atoms with Crippen molar-refractivity contribution in [2.24, 2.45) is 0 Å². The highest BCUT2D eigenvalue weighted by atomic mass is 35.5. The van der Waals surface area contributed by atoms with Crippen molar-refractivity contribution in [1.29, 1.82) is 0 Å². The predicted molar refractivity (Wildman–Crippen MR) is 95.6 cm³/mol. The summed E-state index contributed by atoms with van der Waals surface area (Å²) in [5.41, 5.74) is 2.92. The summed E-state index contributed by atoms with van der Waals surface area (Å²) in [6.45, 7) is 0.333. The summed E-state index contributed by atoms with van der Waals surface area (Å²) in [7, 11) is 0. The highest BCUT2D eigenvalue weighted by Gasteiger charge is 2.19. The molecule has 3 rings (SSSR count). The Balaban J connectivity index is 1.51. The number of amides is 2. The highest BCUT2D eigenvalue weighted by Crippen LogP contribution is 2.24. The van der Waals surface area contributed by atoms with Crippen molar-refractivity contribution in [3.8, 4) is 0 Å². The molecule has 25 heavy (non-hydrogen) atoms. The third kappa shape index (κ3) is 4.25. The van der Waals surface area contributed by atoms with Gasteiger partial charge in [-0.05, 0) is 35.4 Å². The van der Waals surface area contributed by atoms with Crippen molar-refractivity contribution < 1.29 is 14.4 Å². The highest BCUT2D eigenvalue weighted by molar-refractivity contribution is 6.31. The smallest absolute Gasteiger partial charge is 0.228 e. The topological polar surface area (TPSA) is 75.3 Å². The van der Waals surface area contributed by atoms with E-state index >= 15 is 0 Å². The third-order valence-electron chi connectivity index (χ3n) is 4.07. The van der Waals surface area contributed by atoms with Crippen molar-refractivity contribution in [1.82, 2.24) is 5.32 Å². The van der Waals surface area contributed by atoms with E-state index in [0.29, 0.717) is 17.1 Å². The molecule has 0 aromatic heterocycles. The van der Waals surface area contributed by atoms with Crippen LogP contribution >= 0.6 is 11.6 Å². The number of Topliss-reactive ketones (excluding diaryl/α,β-unsaturated/α-hetero) is 1. The van der Waals surface area contributed by atoms with Crippen LogP contribution in [0.5, 0.6) is 0 Å². The van der Waals surface area contributed by atoms with Crippen LogP contribution in [0.25, 0.3) is 0 Å². The van der Waals surface area contributed by atoms with Gasteiger partial charge in [0.25, 0.3) is 0 Å². The fourth-order valence-corrected chi connectivity index (χ4v) is 2.90. The van der Waals surface area contributed by atoms with E-state index in [1.54, 1.807) is 24.3 Å². The number of hydrogen-bond acceptors (Lipinski definition) is 3. The lowest BCUT2D eigenvalue weighted by Crippen LogP contribution is -2.23. The summed E-state index contributed by atoms with van der Waals surface area (Å²) in [5, 5.41) is 6.09. The maximum atomic E-state index is 12.3. The number of carbonyl (C=O) groups is 3. The van der Waals surface area contributed by atoms with Crippen LogP contribution in [0.3, 0.4) is 0 Å². The van der Waals surface area contributed by atoms with E-state index in [9.17, 15) is 14.4 Å². The maximum Gasteiger partial charge on any atom is 0.228 e. The lowest BCUT2D eigenvalue weighted by Gasteiger charge is -2.07. The van der Waals surface area contributed by atoms with E-state index in [1.807, 2.05) is 18.2 Å². The average molecular weight is 357 g/mol. The zero-order valence-corrected chi connectivity index (χ0v) is 14.2. The SMILES string of the molecule is O=C(CCC(=O)c1ccc2c(c1)CC(=O)N2)NCc1ccccc1Cl. The molecule has 0 radical (unpaired) electrons. The van der Waals surface area contributed by atoms with Gasteiger partial charge in [-0.25, -0.2) is 0 Å². The largest absolute Gasteiger partial charge is 0.352 e. The number of halogens is 1. The van der Waals surface area contributed by atoms with E-state index in [0.717, 1.165) is 16.8 Å². The van der Waals surface area contributed by atoms with Gasteiger partial charge in [0.2, 0.25) is 11.8 Å². The van der Waals surface area contributed by atoms with Crippen molar-refractivity contribution in [3.63, 3.8) is 0 Å². The Morgan fingerprint density at radius 2 is 1.92 bits per heavy atom. The molecule has 1 heterocycles. The van der Waals surface area contributed by atoms with Crippen LogP contribution in [-0.4, -0.2) is 17.6 Å². The van der Waals surface area contributed by atoms with Gasteiger partial charge in [0, 0.05) is 35.7 Å². The van der Waals surface area contributed by atoms with Crippen LogP contribution in [0, 0.1) is 0 Å². The molecule has 0 spiro atoms. The fourth-order valence-electron chi connectivity index (χ4n) is 2.70.